The van der Waals surface area contributed by atoms with Crippen molar-refractivity contribution in [3.05, 3.63) is 66.4 Å². The van der Waals surface area contributed by atoms with Crippen LogP contribution in [-0.2, 0) is 5.41 Å². The third-order valence-electron chi connectivity index (χ3n) is 5.25. The minimum Gasteiger partial charge on any atom is -0.256 e. The number of hydrogen-bond donors (Lipinski definition) is 0. The lowest BCUT2D eigenvalue weighted by atomic mass is 9.77. The molecule has 0 amide bonds. The molecule has 2 aromatic carbocycles. The van der Waals surface area contributed by atoms with E-state index in [0.29, 0.717) is 0 Å². The summed E-state index contributed by atoms with van der Waals surface area (Å²) in [5, 5.41) is 2.24. The van der Waals surface area contributed by atoms with E-state index in [0.717, 1.165) is 27.6 Å². The van der Waals surface area contributed by atoms with Crippen molar-refractivity contribution in [1.82, 2.24) is 4.98 Å². The number of fused-ring (bicyclic) bond motifs is 1. The fourth-order valence-corrected chi connectivity index (χ4v) is 3.15. The van der Waals surface area contributed by atoms with E-state index < -0.39 is 11.6 Å². The zero-order chi connectivity index (χ0) is 19.9. The quantitative estimate of drug-likeness (QED) is 0.450. The van der Waals surface area contributed by atoms with Crippen molar-refractivity contribution in [2.75, 3.05) is 0 Å². The average Bonchev–Trinajstić information content (AvgIpc) is 2.68. The number of alkyl halides is 1. The fraction of sp³-hybridized carbons (Fsp3) is 0.400. The molecule has 1 aromatic heterocycles. The third kappa shape index (κ3) is 4.94. The highest BCUT2D eigenvalue weighted by atomic mass is 19.1. The first-order valence-corrected chi connectivity index (χ1v) is 10.0. The molecule has 0 N–H and O–H groups in total. The second-order valence-electron chi connectivity index (χ2n) is 7.62. The Labute approximate surface area is 163 Å². The SMILES string of the molecule is CCCCC.C[C@@H](F)C(C)(C)c1ccccc1-c1nccc2ccccc12. The zero-order valence-corrected chi connectivity index (χ0v) is 17.3. The molecule has 144 valence electrons. The van der Waals surface area contributed by atoms with Crippen molar-refractivity contribution in [2.45, 2.75) is 65.5 Å². The van der Waals surface area contributed by atoms with Gasteiger partial charge < -0.3 is 0 Å². The normalized spacial score (nSPS) is 12.4. The molecule has 2 heteroatoms. The van der Waals surface area contributed by atoms with Crippen LogP contribution in [0.15, 0.2) is 60.8 Å². The highest BCUT2D eigenvalue weighted by molar-refractivity contribution is 5.95. The topological polar surface area (TPSA) is 12.9 Å². The Morgan fingerprint density at radius 2 is 1.56 bits per heavy atom. The molecule has 1 heterocycles. The van der Waals surface area contributed by atoms with E-state index in [1.54, 1.807) is 6.92 Å². The van der Waals surface area contributed by atoms with Gasteiger partial charge >= 0.3 is 0 Å². The molecule has 0 spiro atoms. The van der Waals surface area contributed by atoms with E-state index in [1.807, 2.05) is 62.5 Å². The average molecular weight is 366 g/mol. The third-order valence-corrected chi connectivity index (χ3v) is 5.25. The van der Waals surface area contributed by atoms with Crippen molar-refractivity contribution in [2.24, 2.45) is 0 Å². The van der Waals surface area contributed by atoms with E-state index in [9.17, 15) is 4.39 Å². The van der Waals surface area contributed by atoms with Crippen molar-refractivity contribution in [3.8, 4) is 11.3 Å². The minimum absolute atomic E-state index is 0.560. The van der Waals surface area contributed by atoms with Crippen molar-refractivity contribution in [3.63, 3.8) is 0 Å². The Bertz CT molecular complexity index is 844. The van der Waals surface area contributed by atoms with Gasteiger partial charge in [0.05, 0.1) is 5.69 Å². The maximum atomic E-state index is 14.2. The van der Waals surface area contributed by atoms with Crippen LogP contribution in [0.4, 0.5) is 4.39 Å². The lowest BCUT2D eigenvalue weighted by Crippen LogP contribution is -2.28. The highest BCUT2D eigenvalue weighted by Gasteiger charge is 2.30. The van der Waals surface area contributed by atoms with Gasteiger partial charge in [0, 0.05) is 22.6 Å². The molecule has 3 rings (SSSR count). The summed E-state index contributed by atoms with van der Waals surface area (Å²) in [6.45, 7) is 9.93. The zero-order valence-electron chi connectivity index (χ0n) is 17.3. The summed E-state index contributed by atoms with van der Waals surface area (Å²) >= 11 is 0. The van der Waals surface area contributed by atoms with Gasteiger partial charge in [0.15, 0.2) is 0 Å². The fourth-order valence-electron chi connectivity index (χ4n) is 3.15. The molecule has 0 radical (unpaired) electrons. The second kappa shape index (κ2) is 9.64. The van der Waals surface area contributed by atoms with Gasteiger partial charge in [-0.1, -0.05) is 95.5 Å². The summed E-state index contributed by atoms with van der Waals surface area (Å²) in [5.41, 5.74) is 2.36. The van der Waals surface area contributed by atoms with E-state index in [1.165, 1.54) is 19.3 Å². The first kappa shape index (κ1) is 21.1. The minimum atomic E-state index is -0.941. The highest BCUT2D eigenvalue weighted by Crippen LogP contribution is 2.37. The van der Waals surface area contributed by atoms with Gasteiger partial charge in [0.25, 0.3) is 0 Å². The largest absolute Gasteiger partial charge is 0.256 e. The Morgan fingerprint density at radius 1 is 0.926 bits per heavy atom. The predicted octanol–water partition coefficient (Wildman–Crippen LogP) is 7.73. The molecule has 0 aliphatic heterocycles. The van der Waals surface area contributed by atoms with Crippen LogP contribution in [-0.4, -0.2) is 11.2 Å². The van der Waals surface area contributed by atoms with Crippen LogP contribution in [0.1, 0.15) is 59.4 Å². The molecule has 0 aliphatic rings. The van der Waals surface area contributed by atoms with Crippen LogP contribution in [0, 0.1) is 0 Å². The van der Waals surface area contributed by atoms with Crippen LogP contribution in [0.2, 0.25) is 0 Å². The van der Waals surface area contributed by atoms with Gasteiger partial charge in [0.2, 0.25) is 0 Å². The Kier molecular flexibility index (Phi) is 7.53. The molecule has 3 aromatic rings. The summed E-state index contributed by atoms with van der Waals surface area (Å²) < 4.78 is 14.2. The van der Waals surface area contributed by atoms with Gasteiger partial charge in [-0.2, -0.15) is 0 Å². The maximum absolute atomic E-state index is 14.2. The lowest BCUT2D eigenvalue weighted by Gasteiger charge is -2.29. The van der Waals surface area contributed by atoms with Crippen LogP contribution in [0.3, 0.4) is 0 Å². The van der Waals surface area contributed by atoms with E-state index in [2.05, 4.69) is 31.0 Å². The number of benzene rings is 2. The second-order valence-corrected chi connectivity index (χ2v) is 7.62. The molecular weight excluding hydrogens is 333 g/mol. The van der Waals surface area contributed by atoms with Crippen LogP contribution in [0.5, 0.6) is 0 Å². The van der Waals surface area contributed by atoms with Crippen LogP contribution >= 0.6 is 0 Å². The van der Waals surface area contributed by atoms with Crippen molar-refractivity contribution >= 4 is 10.8 Å². The molecule has 0 saturated carbocycles. The van der Waals surface area contributed by atoms with Gasteiger partial charge in [-0.15, -0.1) is 0 Å². The standard InChI is InChI=1S/C20H20FN.C5H12/c1-14(21)20(2,3)18-11-7-6-10-17(18)19-16-9-5-4-8-15(16)12-13-22-19;1-3-5-4-2/h4-14H,1-3H3;3-5H2,1-2H3/t14-;/m1./s1. The Balaban J connectivity index is 0.000000465. The molecule has 1 atom stereocenters. The first-order valence-electron chi connectivity index (χ1n) is 10.0. The molecular formula is C25H32FN. The number of rotatable bonds is 5. The summed E-state index contributed by atoms with van der Waals surface area (Å²) in [4.78, 5) is 4.59. The van der Waals surface area contributed by atoms with Crippen LogP contribution in [0.25, 0.3) is 22.0 Å². The molecule has 0 aliphatic carbocycles. The predicted molar refractivity (Wildman–Crippen MR) is 116 cm³/mol. The molecule has 27 heavy (non-hydrogen) atoms. The van der Waals surface area contributed by atoms with Crippen molar-refractivity contribution in [1.29, 1.82) is 0 Å². The molecule has 0 fully saturated rings. The van der Waals surface area contributed by atoms with E-state index in [-0.39, 0.29) is 0 Å². The number of unbranched alkanes of at least 4 members (excludes halogenated alkanes) is 2. The summed E-state index contributed by atoms with van der Waals surface area (Å²) in [7, 11) is 0. The smallest absolute Gasteiger partial charge is 0.106 e. The summed E-state index contributed by atoms with van der Waals surface area (Å²) in [6, 6.07) is 18.2. The van der Waals surface area contributed by atoms with E-state index in [4.69, 9.17) is 0 Å². The van der Waals surface area contributed by atoms with Crippen molar-refractivity contribution < 1.29 is 4.39 Å². The summed E-state index contributed by atoms with van der Waals surface area (Å²) in [5.74, 6) is 0. The molecule has 0 bridgehead atoms. The maximum Gasteiger partial charge on any atom is 0.106 e. The molecule has 0 saturated heterocycles. The number of halogens is 1. The monoisotopic (exact) mass is 365 g/mol. The number of nitrogens with zero attached hydrogens (tertiary/aromatic N) is 1. The number of aromatic nitrogens is 1. The van der Waals surface area contributed by atoms with Crippen LogP contribution < -0.4 is 0 Å². The van der Waals surface area contributed by atoms with Gasteiger partial charge in [-0.05, 0) is 23.9 Å². The summed E-state index contributed by atoms with van der Waals surface area (Å²) in [6.07, 6.45) is 4.96. The van der Waals surface area contributed by atoms with Gasteiger partial charge in [-0.25, -0.2) is 4.39 Å². The van der Waals surface area contributed by atoms with Gasteiger partial charge in [0.1, 0.15) is 6.17 Å². The number of hydrogen-bond acceptors (Lipinski definition) is 1. The first-order chi connectivity index (χ1) is 12.9. The molecule has 1 nitrogen and oxygen atoms in total. The van der Waals surface area contributed by atoms with Gasteiger partial charge in [-0.3, -0.25) is 4.98 Å². The Morgan fingerprint density at radius 3 is 2.19 bits per heavy atom. The number of pyridine rings is 1. The lowest BCUT2D eigenvalue weighted by molar-refractivity contribution is 0.237. The van der Waals surface area contributed by atoms with E-state index >= 15 is 0 Å². The Hall–Kier alpha value is -2.22. The molecule has 0 unspecified atom stereocenters.